The Balaban J connectivity index is 1.81. The summed E-state index contributed by atoms with van der Waals surface area (Å²) in [6.45, 7) is 5.63. The minimum absolute atomic E-state index is 0.0335. The van der Waals surface area contributed by atoms with Crippen LogP contribution in [-0.2, 0) is 9.53 Å². The average molecular weight is 500 g/mol. The second-order valence-electron chi connectivity index (χ2n) is 10.3. The van der Waals surface area contributed by atoms with Gasteiger partial charge < -0.3 is 4.74 Å². The van der Waals surface area contributed by atoms with Crippen LogP contribution in [0, 0.1) is 47.3 Å². The molecule has 3 rings (SSSR count). The van der Waals surface area contributed by atoms with E-state index in [2.05, 4.69) is 4.74 Å². The third-order valence-electron chi connectivity index (χ3n) is 7.87. The van der Waals surface area contributed by atoms with E-state index in [-0.39, 0.29) is 41.9 Å². The van der Waals surface area contributed by atoms with E-state index < -0.39 is 54.0 Å². The zero-order valence-electron chi connectivity index (χ0n) is 18.3. The number of esters is 1. The molecule has 0 heterocycles. The van der Waals surface area contributed by atoms with Crippen LogP contribution in [0.1, 0.15) is 40.5 Å². The highest BCUT2D eigenvalue weighted by molar-refractivity contribution is 5.73. The van der Waals surface area contributed by atoms with E-state index in [1.807, 2.05) is 27.7 Å². The van der Waals surface area contributed by atoms with Gasteiger partial charge in [0, 0.05) is 0 Å². The normalized spacial score (nSPS) is 38.1. The molecule has 0 aromatic heterocycles. The summed E-state index contributed by atoms with van der Waals surface area (Å²) in [5.41, 5.74) is 0. The molecule has 2 bridgehead atoms. The molecule has 3 aliphatic rings. The Morgan fingerprint density at radius 3 is 1.64 bits per heavy atom. The predicted molar refractivity (Wildman–Crippen MR) is 95.5 cm³/mol. The minimum atomic E-state index is -7.02. The van der Waals surface area contributed by atoms with Gasteiger partial charge in [0.1, 0.15) is 12.5 Å². The van der Waals surface area contributed by atoms with Crippen LogP contribution in [0.5, 0.6) is 0 Å². The highest BCUT2D eigenvalue weighted by atomic mass is 19.4. The minimum Gasteiger partial charge on any atom is -0.465 e. The summed E-state index contributed by atoms with van der Waals surface area (Å²) < 4.78 is 142. The number of carbonyl (C=O) groups excluding carboxylic acids is 1. The average Bonchev–Trinajstić information content (AvgIpc) is 3.24. The summed E-state index contributed by atoms with van der Waals surface area (Å²) in [5.74, 6) is -39.1. The van der Waals surface area contributed by atoms with E-state index in [1.54, 1.807) is 0 Å². The molecule has 0 aliphatic heterocycles. The van der Waals surface area contributed by atoms with Gasteiger partial charge in [0.05, 0.1) is 5.92 Å². The van der Waals surface area contributed by atoms with E-state index in [9.17, 15) is 48.7 Å². The first-order valence-electron chi connectivity index (χ1n) is 10.8. The second-order valence-corrected chi connectivity index (χ2v) is 10.3. The first-order chi connectivity index (χ1) is 14.7. The Morgan fingerprint density at radius 1 is 0.758 bits per heavy atom. The molecular weight excluding hydrogens is 474 g/mol. The molecular formula is C21H26F10O2. The lowest BCUT2D eigenvalue weighted by molar-refractivity contribution is -0.465. The van der Waals surface area contributed by atoms with Gasteiger partial charge in [-0.25, -0.2) is 0 Å². The molecule has 33 heavy (non-hydrogen) atoms. The van der Waals surface area contributed by atoms with Crippen LogP contribution < -0.4 is 0 Å². The molecule has 3 aliphatic carbocycles. The first-order valence-corrected chi connectivity index (χ1v) is 10.8. The molecule has 2 nitrogen and oxygen atoms in total. The predicted octanol–water partition coefficient (Wildman–Crippen LogP) is 6.54. The van der Waals surface area contributed by atoms with Gasteiger partial charge in [-0.15, -0.1) is 0 Å². The zero-order chi connectivity index (χ0) is 25.5. The lowest BCUT2D eigenvalue weighted by atomic mass is 9.66. The maximum Gasteiger partial charge on any atom is 0.384 e. The quantitative estimate of drug-likeness (QED) is 0.317. The molecule has 0 radical (unpaired) electrons. The molecule has 0 saturated heterocycles. The molecule has 0 aromatic carbocycles. The summed E-state index contributed by atoms with van der Waals surface area (Å²) in [6, 6.07) is 0. The van der Waals surface area contributed by atoms with Gasteiger partial charge in [-0.3, -0.25) is 4.79 Å². The SMILES string of the molecule is CC(C)C1C2CC(C(=O)OCC3C(F)(F)C(F)(F)C(F)(F)C(F)(F)C3(F)F)C(C2)C1C(C)C. The number of rotatable bonds is 5. The van der Waals surface area contributed by atoms with Crippen molar-refractivity contribution in [1.29, 1.82) is 0 Å². The van der Waals surface area contributed by atoms with Gasteiger partial charge in [-0.05, 0) is 48.3 Å². The topological polar surface area (TPSA) is 26.3 Å². The van der Waals surface area contributed by atoms with Crippen molar-refractivity contribution in [2.24, 2.45) is 47.3 Å². The summed E-state index contributed by atoms with van der Waals surface area (Å²) in [5, 5.41) is 0. The standard InChI is InChI=1S/C21H26F10O2/c1-8(2)14-10-5-11(15(14)9(3)4)12(6-10)16(32)33-7-13-17(22,23)19(26,27)21(30,31)20(28,29)18(13,24)25/h8-15H,5-7H2,1-4H3. The fourth-order valence-electron chi connectivity index (χ4n) is 6.41. The number of halogens is 10. The maximum absolute atomic E-state index is 14.0. The number of fused-ring (bicyclic) bond motifs is 2. The van der Waals surface area contributed by atoms with Gasteiger partial charge in [-0.1, -0.05) is 27.7 Å². The fourth-order valence-corrected chi connectivity index (χ4v) is 6.41. The molecule has 3 fully saturated rings. The van der Waals surface area contributed by atoms with Crippen molar-refractivity contribution in [3.8, 4) is 0 Å². The van der Waals surface area contributed by atoms with Gasteiger partial charge >= 0.3 is 35.6 Å². The highest BCUT2D eigenvalue weighted by Crippen LogP contribution is 2.67. The van der Waals surface area contributed by atoms with Crippen molar-refractivity contribution in [1.82, 2.24) is 0 Å². The number of ether oxygens (including phenoxy) is 1. The van der Waals surface area contributed by atoms with Crippen LogP contribution in [0.25, 0.3) is 0 Å². The number of alkyl halides is 10. The fraction of sp³-hybridized carbons (Fsp3) is 0.952. The van der Waals surface area contributed by atoms with Crippen LogP contribution in [0.2, 0.25) is 0 Å². The van der Waals surface area contributed by atoms with Crippen molar-refractivity contribution in [2.45, 2.75) is 70.1 Å². The second kappa shape index (κ2) is 7.63. The van der Waals surface area contributed by atoms with Crippen molar-refractivity contribution < 1.29 is 53.4 Å². The Hall–Kier alpha value is -1.23. The van der Waals surface area contributed by atoms with Crippen molar-refractivity contribution in [2.75, 3.05) is 6.61 Å². The highest BCUT2D eigenvalue weighted by Gasteiger charge is 2.95. The van der Waals surface area contributed by atoms with Crippen LogP contribution in [0.3, 0.4) is 0 Å². The van der Waals surface area contributed by atoms with Crippen LogP contribution in [-0.4, -0.2) is 42.2 Å². The van der Waals surface area contributed by atoms with E-state index >= 15 is 0 Å². The largest absolute Gasteiger partial charge is 0.465 e. The van der Waals surface area contributed by atoms with Gasteiger partial charge in [0.15, 0.2) is 0 Å². The van der Waals surface area contributed by atoms with Crippen LogP contribution >= 0.6 is 0 Å². The monoisotopic (exact) mass is 500 g/mol. The lowest BCUT2D eigenvalue weighted by Gasteiger charge is -2.49. The van der Waals surface area contributed by atoms with E-state index in [4.69, 9.17) is 0 Å². The lowest BCUT2D eigenvalue weighted by Crippen LogP contribution is -2.78. The van der Waals surface area contributed by atoms with E-state index in [0.717, 1.165) is 0 Å². The number of hydrogen-bond acceptors (Lipinski definition) is 2. The smallest absolute Gasteiger partial charge is 0.384 e. The van der Waals surface area contributed by atoms with Crippen molar-refractivity contribution in [3.63, 3.8) is 0 Å². The molecule has 3 saturated carbocycles. The van der Waals surface area contributed by atoms with Crippen LogP contribution in [0.15, 0.2) is 0 Å². The molecule has 12 heteroatoms. The molecule has 5 unspecified atom stereocenters. The number of hydrogen-bond donors (Lipinski definition) is 0. The zero-order valence-corrected chi connectivity index (χ0v) is 18.3. The molecule has 0 amide bonds. The van der Waals surface area contributed by atoms with Crippen molar-refractivity contribution in [3.05, 3.63) is 0 Å². The van der Waals surface area contributed by atoms with Gasteiger partial charge in [-0.2, -0.15) is 43.9 Å². The third-order valence-corrected chi connectivity index (χ3v) is 7.87. The summed E-state index contributed by atoms with van der Waals surface area (Å²) in [7, 11) is 0. The summed E-state index contributed by atoms with van der Waals surface area (Å²) in [4.78, 5) is 12.6. The van der Waals surface area contributed by atoms with Gasteiger partial charge in [0.2, 0.25) is 0 Å². The summed E-state index contributed by atoms with van der Waals surface area (Å²) >= 11 is 0. The first kappa shape index (κ1) is 26.4. The van der Waals surface area contributed by atoms with Crippen LogP contribution in [0.4, 0.5) is 43.9 Å². The van der Waals surface area contributed by atoms with E-state index in [1.165, 1.54) is 0 Å². The van der Waals surface area contributed by atoms with E-state index in [0.29, 0.717) is 6.42 Å². The molecule has 0 N–H and O–H groups in total. The molecule has 192 valence electrons. The Morgan fingerprint density at radius 2 is 1.21 bits per heavy atom. The maximum atomic E-state index is 14.0. The Kier molecular flexibility index (Phi) is 6.10. The molecule has 5 atom stereocenters. The van der Waals surface area contributed by atoms with Crippen molar-refractivity contribution >= 4 is 5.97 Å². The molecule has 0 spiro atoms. The Bertz CT molecular complexity index is 749. The third kappa shape index (κ3) is 3.31. The number of carbonyl (C=O) groups is 1. The Labute approximate surface area is 184 Å². The van der Waals surface area contributed by atoms with Gasteiger partial charge in [0.25, 0.3) is 0 Å². The molecule has 0 aromatic rings. The summed E-state index contributed by atoms with van der Waals surface area (Å²) in [6.07, 6.45) is 0.862.